The first-order valence-corrected chi connectivity index (χ1v) is 7.41. The van der Waals surface area contributed by atoms with Crippen LogP contribution in [0.3, 0.4) is 0 Å². The van der Waals surface area contributed by atoms with Crippen molar-refractivity contribution in [3.8, 4) is 0 Å². The minimum atomic E-state index is -0.194. The van der Waals surface area contributed by atoms with Gasteiger partial charge in [0.2, 0.25) is 5.91 Å². The molecular weight excluding hydrogens is 294 g/mol. The molecule has 1 unspecified atom stereocenters. The Kier molecular flexibility index (Phi) is 4.83. The molecule has 1 fully saturated rings. The predicted octanol–water partition coefficient (Wildman–Crippen LogP) is 2.08. The molecule has 1 aliphatic heterocycles. The number of amides is 1. The van der Waals surface area contributed by atoms with E-state index in [1.165, 1.54) is 0 Å². The molecule has 6 heteroatoms. The number of piperidine rings is 1. The second kappa shape index (κ2) is 6.41. The number of nitrogens with two attached hydrogens (primary N) is 1. The van der Waals surface area contributed by atoms with Crippen molar-refractivity contribution in [1.82, 2.24) is 5.32 Å². The maximum absolute atomic E-state index is 12.1. The summed E-state index contributed by atoms with van der Waals surface area (Å²) in [6.07, 6.45) is 2.90. The molecule has 1 aromatic carbocycles. The van der Waals surface area contributed by atoms with Crippen LogP contribution in [-0.4, -0.2) is 30.5 Å². The lowest BCUT2D eigenvalue weighted by Crippen LogP contribution is -2.49. The Morgan fingerprint density at radius 2 is 2.25 bits per heavy atom. The summed E-state index contributed by atoms with van der Waals surface area (Å²) in [5.74, 6) is 0.0126. The van der Waals surface area contributed by atoms with Crippen molar-refractivity contribution >= 4 is 40.4 Å². The van der Waals surface area contributed by atoms with Crippen molar-refractivity contribution in [2.45, 2.75) is 25.3 Å². The van der Waals surface area contributed by atoms with Crippen LogP contribution in [0.1, 0.15) is 24.8 Å². The van der Waals surface area contributed by atoms with E-state index in [1.807, 2.05) is 12.1 Å². The van der Waals surface area contributed by atoms with E-state index in [-0.39, 0.29) is 16.9 Å². The molecule has 0 radical (unpaired) electrons. The van der Waals surface area contributed by atoms with Gasteiger partial charge in [-0.3, -0.25) is 4.79 Å². The van der Waals surface area contributed by atoms with Crippen LogP contribution in [0.15, 0.2) is 18.2 Å². The molecular formula is C14H18ClN3OS. The van der Waals surface area contributed by atoms with Gasteiger partial charge in [-0.2, -0.15) is 0 Å². The molecule has 0 saturated carbocycles. The van der Waals surface area contributed by atoms with Gasteiger partial charge >= 0.3 is 0 Å². The fraction of sp³-hybridized carbons (Fsp3) is 0.429. The van der Waals surface area contributed by atoms with Crippen LogP contribution in [0.5, 0.6) is 0 Å². The van der Waals surface area contributed by atoms with Crippen LogP contribution in [0, 0.1) is 0 Å². The van der Waals surface area contributed by atoms with Gasteiger partial charge in [-0.05, 0) is 31.4 Å². The number of carbonyl (C=O) groups is 1. The van der Waals surface area contributed by atoms with Gasteiger partial charge in [0.15, 0.2) is 0 Å². The number of thiocarbonyl (C=S) groups is 1. The average molecular weight is 312 g/mol. The van der Waals surface area contributed by atoms with Gasteiger partial charge < -0.3 is 16.0 Å². The van der Waals surface area contributed by atoms with E-state index in [2.05, 4.69) is 10.2 Å². The normalized spacial score (nSPS) is 18.7. The first kappa shape index (κ1) is 15.1. The Morgan fingerprint density at radius 1 is 1.50 bits per heavy atom. The number of rotatable bonds is 3. The third-order valence-electron chi connectivity index (χ3n) is 3.60. The summed E-state index contributed by atoms with van der Waals surface area (Å²) >= 11 is 11.3. The van der Waals surface area contributed by atoms with Gasteiger partial charge in [-0.15, -0.1) is 0 Å². The third-order valence-corrected chi connectivity index (χ3v) is 4.12. The molecule has 0 aromatic heterocycles. The summed E-state index contributed by atoms with van der Waals surface area (Å²) in [5, 5.41) is 3.24. The van der Waals surface area contributed by atoms with Crippen molar-refractivity contribution in [1.29, 1.82) is 0 Å². The van der Waals surface area contributed by atoms with Gasteiger partial charge in [-0.1, -0.05) is 29.9 Å². The number of hydrogen-bond donors (Lipinski definition) is 2. The first-order chi connectivity index (χ1) is 9.56. The van der Waals surface area contributed by atoms with Crippen LogP contribution in [0.25, 0.3) is 0 Å². The van der Waals surface area contributed by atoms with Crippen molar-refractivity contribution in [3.05, 3.63) is 28.8 Å². The molecule has 0 spiro atoms. The summed E-state index contributed by atoms with van der Waals surface area (Å²) in [6.45, 7) is 0.800. The molecule has 0 bridgehead atoms. The Hall–Kier alpha value is -1.33. The van der Waals surface area contributed by atoms with Crippen molar-refractivity contribution in [3.63, 3.8) is 0 Å². The number of benzene rings is 1. The topological polar surface area (TPSA) is 58.4 Å². The predicted molar refractivity (Wildman–Crippen MR) is 86.4 cm³/mol. The highest BCUT2D eigenvalue weighted by Gasteiger charge is 2.30. The maximum Gasteiger partial charge on any atom is 0.242 e. The monoisotopic (exact) mass is 311 g/mol. The van der Waals surface area contributed by atoms with Crippen LogP contribution in [0.2, 0.25) is 5.02 Å². The zero-order valence-corrected chi connectivity index (χ0v) is 12.9. The Balaban J connectivity index is 2.45. The van der Waals surface area contributed by atoms with Crippen molar-refractivity contribution < 1.29 is 4.79 Å². The third kappa shape index (κ3) is 2.88. The molecule has 20 heavy (non-hydrogen) atoms. The Morgan fingerprint density at radius 3 is 2.90 bits per heavy atom. The van der Waals surface area contributed by atoms with Crippen molar-refractivity contribution in [2.24, 2.45) is 5.73 Å². The van der Waals surface area contributed by atoms with Gasteiger partial charge in [0.1, 0.15) is 11.0 Å². The Labute approximate surface area is 129 Å². The molecule has 108 valence electrons. The summed E-state index contributed by atoms with van der Waals surface area (Å²) in [5.41, 5.74) is 7.29. The molecule has 1 amide bonds. The molecule has 2 rings (SSSR count). The maximum atomic E-state index is 12.1. The molecule has 1 heterocycles. The van der Waals surface area contributed by atoms with E-state index in [0.717, 1.165) is 31.5 Å². The van der Waals surface area contributed by atoms with Gasteiger partial charge in [0.05, 0.1) is 10.6 Å². The van der Waals surface area contributed by atoms with Gasteiger partial charge in [0, 0.05) is 19.3 Å². The lowest BCUT2D eigenvalue weighted by Gasteiger charge is -2.37. The van der Waals surface area contributed by atoms with Crippen LogP contribution < -0.4 is 16.0 Å². The zero-order valence-electron chi connectivity index (χ0n) is 11.4. The van der Waals surface area contributed by atoms with E-state index < -0.39 is 0 Å². The molecule has 1 aliphatic rings. The number of carbonyl (C=O) groups excluding carboxylic acids is 1. The summed E-state index contributed by atoms with van der Waals surface area (Å²) in [6, 6.07) is 5.34. The van der Waals surface area contributed by atoms with E-state index in [4.69, 9.17) is 29.6 Å². The standard InChI is InChI=1S/C14H18ClN3OS/c1-17-14(19)11-6-2-3-8-18(11)10-7-4-5-9(15)12(10)13(16)20/h4-5,7,11H,2-3,6,8H2,1H3,(H2,16,20)(H,17,19). The first-order valence-electron chi connectivity index (χ1n) is 6.62. The number of nitrogens with zero attached hydrogens (tertiary/aromatic N) is 1. The molecule has 1 saturated heterocycles. The highest BCUT2D eigenvalue weighted by molar-refractivity contribution is 7.80. The van der Waals surface area contributed by atoms with E-state index in [1.54, 1.807) is 13.1 Å². The zero-order chi connectivity index (χ0) is 14.7. The minimum Gasteiger partial charge on any atom is -0.389 e. The molecule has 0 aliphatic carbocycles. The fourth-order valence-electron chi connectivity index (χ4n) is 2.66. The fourth-order valence-corrected chi connectivity index (χ4v) is 3.20. The largest absolute Gasteiger partial charge is 0.389 e. The molecule has 4 nitrogen and oxygen atoms in total. The van der Waals surface area contributed by atoms with Crippen LogP contribution >= 0.6 is 23.8 Å². The van der Waals surface area contributed by atoms with Gasteiger partial charge in [0.25, 0.3) is 0 Å². The molecule has 3 N–H and O–H groups in total. The second-order valence-corrected chi connectivity index (χ2v) is 5.66. The van der Waals surface area contributed by atoms with Crippen molar-refractivity contribution in [2.75, 3.05) is 18.5 Å². The smallest absolute Gasteiger partial charge is 0.242 e. The number of nitrogens with one attached hydrogen (secondary N) is 1. The van der Waals surface area contributed by atoms with E-state index >= 15 is 0 Å². The van der Waals surface area contributed by atoms with Crippen LogP contribution in [0.4, 0.5) is 5.69 Å². The lowest BCUT2D eigenvalue weighted by molar-refractivity contribution is -0.122. The number of halogens is 1. The SMILES string of the molecule is CNC(=O)C1CCCCN1c1cccc(Cl)c1C(N)=S. The highest BCUT2D eigenvalue weighted by atomic mass is 35.5. The van der Waals surface area contributed by atoms with Crippen LogP contribution in [-0.2, 0) is 4.79 Å². The molecule has 1 atom stereocenters. The summed E-state index contributed by atoms with van der Waals surface area (Å²) in [7, 11) is 1.65. The number of anilines is 1. The highest BCUT2D eigenvalue weighted by Crippen LogP contribution is 2.32. The lowest BCUT2D eigenvalue weighted by atomic mass is 9.99. The summed E-state index contributed by atoms with van der Waals surface area (Å²) < 4.78 is 0. The van der Waals surface area contributed by atoms with E-state index in [0.29, 0.717) is 10.6 Å². The number of hydrogen-bond acceptors (Lipinski definition) is 3. The Bertz CT molecular complexity index is 535. The minimum absolute atomic E-state index is 0.0126. The average Bonchev–Trinajstić information content (AvgIpc) is 2.45. The van der Waals surface area contributed by atoms with E-state index in [9.17, 15) is 4.79 Å². The quantitative estimate of drug-likeness (QED) is 0.839. The second-order valence-electron chi connectivity index (χ2n) is 4.82. The number of likely N-dealkylation sites (N-methyl/N-ethyl adjacent to an activating group) is 1. The summed E-state index contributed by atoms with van der Waals surface area (Å²) in [4.78, 5) is 14.4. The van der Waals surface area contributed by atoms with Gasteiger partial charge in [-0.25, -0.2) is 0 Å². The molecule has 1 aromatic rings.